The number of piperidine rings is 1. The molecular weight excluding hydrogens is 482 g/mol. The van der Waals surface area contributed by atoms with Crippen LogP contribution in [0, 0.1) is 11.6 Å². The van der Waals surface area contributed by atoms with Crippen LogP contribution in [-0.2, 0) is 9.84 Å². The summed E-state index contributed by atoms with van der Waals surface area (Å²) in [6.07, 6.45) is 1.00. The Morgan fingerprint density at radius 2 is 1.66 bits per heavy atom. The van der Waals surface area contributed by atoms with Crippen LogP contribution < -0.4 is 4.90 Å². The third kappa shape index (κ3) is 4.36. The van der Waals surface area contributed by atoms with Crippen molar-refractivity contribution < 1.29 is 17.2 Å². The molecule has 1 aromatic heterocycles. The molecule has 0 N–H and O–H groups in total. The summed E-state index contributed by atoms with van der Waals surface area (Å²) in [4.78, 5) is 6.86. The first-order valence-corrected chi connectivity index (χ1v) is 12.2. The van der Waals surface area contributed by atoms with Crippen molar-refractivity contribution >= 4 is 42.2 Å². The Hall–Kier alpha value is -1.84. The zero-order valence-corrected chi connectivity index (χ0v) is 18.4. The third-order valence-electron chi connectivity index (χ3n) is 4.94. The van der Waals surface area contributed by atoms with Crippen molar-refractivity contribution in [1.29, 1.82) is 0 Å². The molecule has 9 heteroatoms. The zero-order chi connectivity index (χ0) is 20.6. The van der Waals surface area contributed by atoms with Gasteiger partial charge in [0, 0.05) is 34.6 Å². The summed E-state index contributed by atoms with van der Waals surface area (Å²) in [5.74, 6) is -1.29. The van der Waals surface area contributed by atoms with Crippen LogP contribution >= 0.6 is 27.3 Å². The standard InChI is InChI=1S/C20H17BrF2N2O2S2/c21-14-1-3-17(4-2-14)29(26,27)18-5-7-25(8-6-18)20-24-19(12-28-20)13-9-15(22)11-16(23)10-13/h1-4,9-12,18H,5-8H2. The quantitative estimate of drug-likeness (QED) is 0.490. The Morgan fingerprint density at radius 1 is 1.03 bits per heavy atom. The van der Waals surface area contributed by atoms with Gasteiger partial charge in [0.1, 0.15) is 11.6 Å². The number of nitrogens with zero attached hydrogens (tertiary/aromatic N) is 2. The summed E-state index contributed by atoms with van der Waals surface area (Å²) in [6, 6.07) is 10.0. The average molecular weight is 499 g/mol. The maximum absolute atomic E-state index is 13.5. The summed E-state index contributed by atoms with van der Waals surface area (Å²) in [5, 5.41) is 2.05. The van der Waals surface area contributed by atoms with Crippen LogP contribution in [0.4, 0.5) is 13.9 Å². The molecule has 2 heterocycles. The molecule has 152 valence electrons. The van der Waals surface area contributed by atoms with Gasteiger partial charge in [-0.1, -0.05) is 15.9 Å². The number of sulfone groups is 1. The normalized spacial score (nSPS) is 15.6. The Balaban J connectivity index is 1.46. The molecule has 1 fully saturated rings. The molecule has 4 nitrogen and oxygen atoms in total. The summed E-state index contributed by atoms with van der Waals surface area (Å²) >= 11 is 4.70. The van der Waals surface area contributed by atoms with Gasteiger partial charge in [0.25, 0.3) is 0 Å². The van der Waals surface area contributed by atoms with Crippen LogP contribution in [0.25, 0.3) is 11.3 Å². The first-order valence-electron chi connectivity index (χ1n) is 8.99. The highest BCUT2D eigenvalue weighted by molar-refractivity contribution is 9.10. The van der Waals surface area contributed by atoms with Crippen molar-refractivity contribution in [3.05, 3.63) is 64.0 Å². The van der Waals surface area contributed by atoms with E-state index in [1.54, 1.807) is 29.6 Å². The Morgan fingerprint density at radius 3 is 2.28 bits per heavy atom. The molecule has 0 radical (unpaired) electrons. The average Bonchev–Trinajstić information content (AvgIpc) is 3.18. The number of aromatic nitrogens is 1. The maximum Gasteiger partial charge on any atom is 0.185 e. The van der Waals surface area contributed by atoms with Crippen molar-refractivity contribution in [1.82, 2.24) is 4.98 Å². The van der Waals surface area contributed by atoms with E-state index in [4.69, 9.17) is 0 Å². The highest BCUT2D eigenvalue weighted by Gasteiger charge is 2.32. The Labute approximate surface area is 180 Å². The summed E-state index contributed by atoms with van der Waals surface area (Å²) in [5.41, 5.74) is 0.894. The lowest BCUT2D eigenvalue weighted by molar-refractivity contribution is 0.529. The van der Waals surface area contributed by atoms with Crippen LogP contribution in [0.5, 0.6) is 0 Å². The first kappa shape index (κ1) is 20.4. The Bertz CT molecular complexity index is 1110. The van der Waals surface area contributed by atoms with E-state index in [0.29, 0.717) is 42.1 Å². The molecule has 0 bridgehead atoms. The van der Waals surface area contributed by atoms with E-state index in [1.165, 1.54) is 23.5 Å². The van der Waals surface area contributed by atoms with Crippen LogP contribution in [0.2, 0.25) is 0 Å². The second-order valence-electron chi connectivity index (χ2n) is 6.86. The van der Waals surface area contributed by atoms with Gasteiger partial charge in [0.2, 0.25) is 0 Å². The zero-order valence-electron chi connectivity index (χ0n) is 15.2. The summed E-state index contributed by atoms with van der Waals surface area (Å²) < 4.78 is 53.5. The summed E-state index contributed by atoms with van der Waals surface area (Å²) in [7, 11) is -3.38. The van der Waals surface area contributed by atoms with E-state index in [-0.39, 0.29) is 0 Å². The smallest absolute Gasteiger partial charge is 0.185 e. The molecule has 0 spiro atoms. The number of hydrogen-bond donors (Lipinski definition) is 0. The molecule has 0 aliphatic carbocycles. The van der Waals surface area contributed by atoms with Crippen molar-refractivity contribution in [2.45, 2.75) is 23.0 Å². The molecular formula is C20H17BrF2N2O2S2. The second kappa shape index (κ2) is 8.12. The number of thiazole rings is 1. The van der Waals surface area contributed by atoms with Crippen molar-refractivity contribution in [3.8, 4) is 11.3 Å². The molecule has 0 amide bonds. The van der Waals surface area contributed by atoms with Crippen LogP contribution in [0.15, 0.2) is 57.2 Å². The van der Waals surface area contributed by atoms with Crippen molar-refractivity contribution in [3.63, 3.8) is 0 Å². The van der Waals surface area contributed by atoms with Crippen molar-refractivity contribution in [2.75, 3.05) is 18.0 Å². The van der Waals surface area contributed by atoms with Crippen LogP contribution in [0.1, 0.15) is 12.8 Å². The van der Waals surface area contributed by atoms with E-state index in [2.05, 4.69) is 20.9 Å². The SMILES string of the molecule is O=S(=O)(c1ccc(Br)cc1)C1CCN(c2nc(-c3cc(F)cc(F)c3)cs2)CC1. The largest absolute Gasteiger partial charge is 0.348 e. The van der Waals surface area contributed by atoms with E-state index in [0.717, 1.165) is 15.7 Å². The number of hydrogen-bond acceptors (Lipinski definition) is 5. The monoisotopic (exact) mass is 498 g/mol. The molecule has 29 heavy (non-hydrogen) atoms. The fourth-order valence-electron chi connectivity index (χ4n) is 3.42. The summed E-state index contributed by atoms with van der Waals surface area (Å²) in [6.45, 7) is 1.12. The lowest BCUT2D eigenvalue weighted by atomic mass is 10.1. The fraction of sp³-hybridized carbons (Fsp3) is 0.250. The van der Waals surface area contributed by atoms with Gasteiger partial charge in [0.15, 0.2) is 15.0 Å². The number of benzene rings is 2. The predicted octanol–water partition coefficient (Wildman–Crippen LogP) is 5.29. The van der Waals surface area contributed by atoms with Crippen LogP contribution in [-0.4, -0.2) is 31.7 Å². The highest BCUT2D eigenvalue weighted by atomic mass is 79.9. The van der Waals surface area contributed by atoms with E-state index in [1.807, 2.05) is 4.90 Å². The molecule has 1 aliphatic rings. The van der Waals surface area contributed by atoms with Gasteiger partial charge in [-0.25, -0.2) is 22.2 Å². The van der Waals surface area contributed by atoms with Gasteiger partial charge in [-0.05, 0) is 49.2 Å². The highest BCUT2D eigenvalue weighted by Crippen LogP contribution is 2.32. The first-order chi connectivity index (χ1) is 13.8. The van der Waals surface area contributed by atoms with Crippen LogP contribution in [0.3, 0.4) is 0 Å². The lowest BCUT2D eigenvalue weighted by Gasteiger charge is -2.31. The number of halogens is 3. The second-order valence-corrected chi connectivity index (χ2v) is 10.8. The molecule has 2 aromatic carbocycles. The van der Waals surface area contributed by atoms with Gasteiger partial charge in [-0.15, -0.1) is 11.3 Å². The topological polar surface area (TPSA) is 50.3 Å². The van der Waals surface area contributed by atoms with Gasteiger partial charge in [-0.3, -0.25) is 0 Å². The van der Waals surface area contributed by atoms with Gasteiger partial charge >= 0.3 is 0 Å². The van der Waals surface area contributed by atoms with E-state index >= 15 is 0 Å². The minimum absolute atomic E-state index is 0.337. The molecule has 1 saturated heterocycles. The van der Waals surface area contributed by atoms with E-state index < -0.39 is 26.7 Å². The minimum Gasteiger partial charge on any atom is -0.348 e. The number of rotatable bonds is 4. The van der Waals surface area contributed by atoms with Gasteiger partial charge in [0.05, 0.1) is 15.8 Å². The van der Waals surface area contributed by atoms with Crippen molar-refractivity contribution in [2.24, 2.45) is 0 Å². The van der Waals surface area contributed by atoms with E-state index in [9.17, 15) is 17.2 Å². The molecule has 4 rings (SSSR count). The molecule has 0 atom stereocenters. The molecule has 0 unspecified atom stereocenters. The fourth-order valence-corrected chi connectivity index (χ4v) is 6.30. The maximum atomic E-state index is 13.5. The predicted molar refractivity (Wildman–Crippen MR) is 114 cm³/mol. The Kier molecular flexibility index (Phi) is 5.72. The van der Waals surface area contributed by atoms with Gasteiger partial charge in [-0.2, -0.15) is 0 Å². The molecule has 3 aromatic rings. The molecule has 0 saturated carbocycles. The number of anilines is 1. The lowest BCUT2D eigenvalue weighted by Crippen LogP contribution is -2.39. The minimum atomic E-state index is -3.38. The molecule has 1 aliphatic heterocycles. The third-order valence-corrected chi connectivity index (χ3v) is 8.65. The van der Waals surface area contributed by atoms with Gasteiger partial charge < -0.3 is 4.90 Å².